The second kappa shape index (κ2) is 7.09. The molecule has 1 saturated carbocycles. The first-order chi connectivity index (χ1) is 9.23. The molecule has 4 atom stereocenters. The lowest BCUT2D eigenvalue weighted by Crippen LogP contribution is -2.41. The Balaban J connectivity index is 2.91. The van der Waals surface area contributed by atoms with Gasteiger partial charge in [0, 0.05) is 26.4 Å². The molecule has 0 aliphatic heterocycles. The number of carbonyl (C=O) groups is 2. The van der Waals surface area contributed by atoms with E-state index in [9.17, 15) is 9.59 Å². The monoisotopic (exact) mass is 282 g/mol. The highest BCUT2D eigenvalue weighted by Gasteiger charge is 2.39. The van der Waals surface area contributed by atoms with E-state index in [2.05, 4.69) is 20.8 Å². The first-order valence-corrected chi connectivity index (χ1v) is 7.73. The van der Waals surface area contributed by atoms with Gasteiger partial charge in [0.25, 0.3) is 0 Å². The van der Waals surface area contributed by atoms with Crippen LogP contribution in [0.15, 0.2) is 0 Å². The summed E-state index contributed by atoms with van der Waals surface area (Å²) in [4.78, 5) is 25.4. The molecule has 0 radical (unpaired) electrons. The molecule has 4 nitrogen and oxygen atoms in total. The van der Waals surface area contributed by atoms with Gasteiger partial charge in [-0.25, -0.2) is 0 Å². The molecule has 0 spiro atoms. The average Bonchev–Trinajstić information content (AvgIpc) is 2.34. The van der Waals surface area contributed by atoms with E-state index >= 15 is 0 Å². The molecule has 0 saturated heterocycles. The predicted molar refractivity (Wildman–Crippen MR) is 80.8 cm³/mol. The summed E-state index contributed by atoms with van der Waals surface area (Å²) in [5, 5.41) is 0. The van der Waals surface area contributed by atoms with Crippen molar-refractivity contribution in [3.63, 3.8) is 0 Å². The van der Waals surface area contributed by atoms with E-state index in [4.69, 9.17) is 5.73 Å². The predicted octanol–water partition coefficient (Wildman–Crippen LogP) is 2.27. The number of primary amides is 1. The maximum atomic E-state index is 12.0. The van der Waals surface area contributed by atoms with Gasteiger partial charge < -0.3 is 10.6 Å². The molecule has 0 aromatic carbocycles. The highest BCUT2D eigenvalue weighted by molar-refractivity contribution is 5.84. The minimum absolute atomic E-state index is 0.00506. The molecule has 4 heteroatoms. The zero-order valence-electron chi connectivity index (χ0n) is 13.6. The zero-order chi connectivity index (χ0) is 15.4. The molecule has 0 bridgehead atoms. The summed E-state index contributed by atoms with van der Waals surface area (Å²) in [6.07, 6.45) is 3.62. The SMILES string of the molecule is CC(C)[C@H]1CC[C@H](C)C[C@@H]1C(CC(=O)N(C)C)C(N)=O. The van der Waals surface area contributed by atoms with Crippen molar-refractivity contribution in [1.29, 1.82) is 0 Å². The fourth-order valence-electron chi connectivity index (χ4n) is 3.57. The van der Waals surface area contributed by atoms with Crippen molar-refractivity contribution in [3.05, 3.63) is 0 Å². The van der Waals surface area contributed by atoms with Gasteiger partial charge in [0.1, 0.15) is 0 Å². The van der Waals surface area contributed by atoms with Crippen molar-refractivity contribution in [1.82, 2.24) is 4.90 Å². The average molecular weight is 282 g/mol. The van der Waals surface area contributed by atoms with Crippen LogP contribution in [-0.2, 0) is 9.59 Å². The number of carbonyl (C=O) groups excluding carboxylic acids is 2. The molecule has 0 heterocycles. The molecule has 1 fully saturated rings. The Morgan fingerprint density at radius 2 is 1.80 bits per heavy atom. The summed E-state index contributed by atoms with van der Waals surface area (Å²) < 4.78 is 0. The van der Waals surface area contributed by atoms with Crippen molar-refractivity contribution < 1.29 is 9.59 Å². The van der Waals surface area contributed by atoms with Crippen LogP contribution in [0.2, 0.25) is 0 Å². The molecule has 1 unspecified atom stereocenters. The minimum Gasteiger partial charge on any atom is -0.369 e. The molecule has 1 aliphatic rings. The number of amides is 2. The van der Waals surface area contributed by atoms with E-state index in [1.807, 2.05) is 0 Å². The maximum absolute atomic E-state index is 12.0. The Hall–Kier alpha value is -1.06. The van der Waals surface area contributed by atoms with Crippen LogP contribution in [0.1, 0.15) is 46.5 Å². The Bertz CT molecular complexity index is 352. The maximum Gasteiger partial charge on any atom is 0.222 e. The lowest BCUT2D eigenvalue weighted by molar-refractivity contribution is -0.136. The van der Waals surface area contributed by atoms with Crippen molar-refractivity contribution >= 4 is 11.8 Å². The first kappa shape index (κ1) is 17.0. The standard InChI is InChI=1S/C16H30N2O2/c1-10(2)12-7-6-11(3)8-13(12)14(16(17)20)9-15(19)18(4)5/h10-14H,6-9H2,1-5H3,(H2,17,20)/t11-,12+,13-,14?/m0/s1. The summed E-state index contributed by atoms with van der Waals surface area (Å²) in [5.74, 6) is 1.26. The Morgan fingerprint density at radius 3 is 2.25 bits per heavy atom. The van der Waals surface area contributed by atoms with Gasteiger partial charge in [-0.15, -0.1) is 0 Å². The van der Waals surface area contributed by atoms with Gasteiger partial charge in [0.15, 0.2) is 0 Å². The fourth-order valence-corrected chi connectivity index (χ4v) is 3.57. The second-order valence-electron chi connectivity index (χ2n) is 6.99. The third-order valence-corrected chi connectivity index (χ3v) is 4.85. The van der Waals surface area contributed by atoms with Gasteiger partial charge in [-0.3, -0.25) is 9.59 Å². The molecule has 2 N–H and O–H groups in total. The summed E-state index contributed by atoms with van der Waals surface area (Å²) >= 11 is 0. The van der Waals surface area contributed by atoms with Gasteiger partial charge in [-0.1, -0.05) is 27.2 Å². The van der Waals surface area contributed by atoms with Crippen LogP contribution in [0.3, 0.4) is 0 Å². The number of hydrogen-bond acceptors (Lipinski definition) is 2. The van der Waals surface area contributed by atoms with Crippen LogP contribution in [0.25, 0.3) is 0 Å². The van der Waals surface area contributed by atoms with Crippen LogP contribution in [-0.4, -0.2) is 30.8 Å². The van der Waals surface area contributed by atoms with Crippen molar-refractivity contribution in [3.8, 4) is 0 Å². The number of nitrogens with zero attached hydrogens (tertiary/aromatic N) is 1. The van der Waals surface area contributed by atoms with Gasteiger partial charge in [-0.05, 0) is 36.5 Å². The molecule has 116 valence electrons. The molecule has 0 aromatic heterocycles. The second-order valence-corrected chi connectivity index (χ2v) is 6.99. The third-order valence-electron chi connectivity index (χ3n) is 4.85. The molecule has 1 aliphatic carbocycles. The highest BCUT2D eigenvalue weighted by Crippen LogP contribution is 2.42. The molecule has 20 heavy (non-hydrogen) atoms. The number of nitrogens with two attached hydrogens (primary N) is 1. The normalized spacial score (nSPS) is 28.2. The molecule has 2 amide bonds. The quantitative estimate of drug-likeness (QED) is 0.840. The minimum atomic E-state index is -0.319. The van der Waals surface area contributed by atoms with Crippen LogP contribution in [0.5, 0.6) is 0 Å². The van der Waals surface area contributed by atoms with Crippen molar-refractivity contribution in [2.45, 2.75) is 46.5 Å². The van der Waals surface area contributed by atoms with E-state index in [-0.39, 0.29) is 30.1 Å². The van der Waals surface area contributed by atoms with E-state index in [1.165, 1.54) is 6.42 Å². The summed E-state index contributed by atoms with van der Waals surface area (Å²) in [6, 6.07) is 0. The van der Waals surface area contributed by atoms with E-state index in [0.29, 0.717) is 17.8 Å². The Morgan fingerprint density at radius 1 is 1.20 bits per heavy atom. The number of rotatable bonds is 5. The van der Waals surface area contributed by atoms with Crippen molar-refractivity contribution in [2.24, 2.45) is 35.3 Å². The van der Waals surface area contributed by atoms with E-state index in [0.717, 1.165) is 12.8 Å². The van der Waals surface area contributed by atoms with Gasteiger partial charge in [-0.2, -0.15) is 0 Å². The van der Waals surface area contributed by atoms with E-state index < -0.39 is 0 Å². The first-order valence-electron chi connectivity index (χ1n) is 7.73. The zero-order valence-corrected chi connectivity index (χ0v) is 13.6. The van der Waals surface area contributed by atoms with Crippen LogP contribution in [0, 0.1) is 29.6 Å². The van der Waals surface area contributed by atoms with Crippen LogP contribution >= 0.6 is 0 Å². The highest BCUT2D eigenvalue weighted by atomic mass is 16.2. The summed E-state index contributed by atoms with van der Waals surface area (Å²) in [7, 11) is 3.45. The molecule has 1 rings (SSSR count). The lowest BCUT2D eigenvalue weighted by atomic mass is 9.64. The molecular formula is C16H30N2O2. The molecular weight excluding hydrogens is 252 g/mol. The van der Waals surface area contributed by atoms with Crippen molar-refractivity contribution in [2.75, 3.05) is 14.1 Å². The topological polar surface area (TPSA) is 63.4 Å². The number of hydrogen-bond donors (Lipinski definition) is 1. The van der Waals surface area contributed by atoms with Crippen LogP contribution in [0.4, 0.5) is 0 Å². The summed E-state index contributed by atoms with van der Waals surface area (Å²) in [6.45, 7) is 6.65. The third kappa shape index (κ3) is 4.22. The largest absolute Gasteiger partial charge is 0.369 e. The molecule has 0 aromatic rings. The lowest BCUT2D eigenvalue weighted by Gasteiger charge is -2.40. The Kier molecular flexibility index (Phi) is 6.03. The van der Waals surface area contributed by atoms with Gasteiger partial charge in [0.05, 0.1) is 0 Å². The van der Waals surface area contributed by atoms with E-state index in [1.54, 1.807) is 19.0 Å². The Labute approximate surface area is 123 Å². The van der Waals surface area contributed by atoms with Crippen LogP contribution < -0.4 is 5.73 Å². The summed E-state index contributed by atoms with van der Waals surface area (Å²) in [5.41, 5.74) is 5.61. The smallest absolute Gasteiger partial charge is 0.222 e. The fraction of sp³-hybridized carbons (Fsp3) is 0.875. The van der Waals surface area contributed by atoms with Gasteiger partial charge >= 0.3 is 0 Å². The van der Waals surface area contributed by atoms with Gasteiger partial charge in [0.2, 0.25) is 11.8 Å².